The van der Waals surface area contributed by atoms with Crippen LogP contribution in [0.1, 0.15) is 24.1 Å². The maximum atomic E-state index is 6.17. The standard InChI is InChI=1S/C18H24N4O2/c1-21-7-4-16(20-21)11-22-8-5-18(14-22)9-17(13-24-18)23-12-15-3-2-6-19-10-15/h2-4,6-7,10,17H,5,8-9,11-14H2,1H3/t17-,18+/m0/s1. The smallest absolute Gasteiger partial charge is 0.0847 e. The molecule has 1 spiro atoms. The van der Waals surface area contributed by atoms with Gasteiger partial charge in [-0.1, -0.05) is 6.07 Å². The highest BCUT2D eigenvalue weighted by Crippen LogP contribution is 2.36. The molecule has 4 heterocycles. The molecule has 0 aliphatic carbocycles. The number of ether oxygens (including phenoxy) is 2. The Labute approximate surface area is 142 Å². The van der Waals surface area contributed by atoms with E-state index in [9.17, 15) is 0 Å². The number of aromatic nitrogens is 3. The second-order valence-corrected chi connectivity index (χ2v) is 6.93. The highest BCUT2D eigenvalue weighted by atomic mass is 16.6. The van der Waals surface area contributed by atoms with Crippen molar-refractivity contribution in [1.29, 1.82) is 0 Å². The minimum atomic E-state index is -0.0333. The van der Waals surface area contributed by atoms with Crippen LogP contribution in [0.3, 0.4) is 0 Å². The fourth-order valence-electron chi connectivity index (χ4n) is 3.73. The molecule has 2 fully saturated rings. The van der Waals surface area contributed by atoms with Crippen molar-refractivity contribution in [3.8, 4) is 0 Å². The van der Waals surface area contributed by atoms with Crippen LogP contribution in [0.4, 0.5) is 0 Å². The average molecular weight is 328 g/mol. The van der Waals surface area contributed by atoms with Gasteiger partial charge in [0.05, 0.1) is 30.6 Å². The number of aryl methyl sites for hydroxylation is 1. The van der Waals surface area contributed by atoms with Crippen molar-refractivity contribution in [2.24, 2.45) is 7.05 Å². The van der Waals surface area contributed by atoms with Crippen LogP contribution in [0.2, 0.25) is 0 Å². The van der Waals surface area contributed by atoms with Crippen LogP contribution >= 0.6 is 0 Å². The highest BCUT2D eigenvalue weighted by Gasteiger charge is 2.45. The summed E-state index contributed by atoms with van der Waals surface area (Å²) in [6.07, 6.45) is 7.87. The Bertz CT molecular complexity index is 675. The fraction of sp³-hybridized carbons (Fsp3) is 0.556. The maximum absolute atomic E-state index is 6.17. The number of likely N-dealkylation sites (tertiary alicyclic amines) is 1. The average Bonchev–Trinajstić information content (AvgIpc) is 3.29. The number of pyridine rings is 1. The van der Waals surface area contributed by atoms with E-state index in [0.717, 1.165) is 43.7 Å². The first kappa shape index (κ1) is 15.7. The van der Waals surface area contributed by atoms with E-state index in [2.05, 4.69) is 21.0 Å². The molecule has 0 N–H and O–H groups in total. The molecule has 128 valence electrons. The third kappa shape index (κ3) is 3.50. The SMILES string of the molecule is Cn1ccc(CN2CC[C@@]3(C[C@H](OCc4cccnc4)CO3)C2)n1. The van der Waals surface area contributed by atoms with E-state index >= 15 is 0 Å². The van der Waals surface area contributed by atoms with Crippen molar-refractivity contribution < 1.29 is 9.47 Å². The lowest BCUT2D eigenvalue weighted by molar-refractivity contribution is -0.000505. The zero-order valence-corrected chi connectivity index (χ0v) is 14.1. The van der Waals surface area contributed by atoms with Crippen LogP contribution in [0, 0.1) is 0 Å². The van der Waals surface area contributed by atoms with Crippen molar-refractivity contribution in [2.45, 2.75) is 37.7 Å². The number of nitrogens with zero attached hydrogens (tertiary/aromatic N) is 4. The van der Waals surface area contributed by atoms with Crippen molar-refractivity contribution in [3.05, 3.63) is 48.0 Å². The van der Waals surface area contributed by atoms with Crippen molar-refractivity contribution in [3.63, 3.8) is 0 Å². The van der Waals surface area contributed by atoms with Gasteiger partial charge in [-0.3, -0.25) is 14.6 Å². The predicted molar refractivity (Wildman–Crippen MR) is 89.2 cm³/mol. The van der Waals surface area contributed by atoms with E-state index in [4.69, 9.17) is 9.47 Å². The highest BCUT2D eigenvalue weighted by molar-refractivity contribution is 5.07. The molecule has 0 amide bonds. The van der Waals surface area contributed by atoms with Gasteiger partial charge in [0, 0.05) is 51.7 Å². The van der Waals surface area contributed by atoms with Gasteiger partial charge in [-0.05, 0) is 24.1 Å². The molecule has 0 saturated carbocycles. The third-order valence-corrected chi connectivity index (χ3v) is 4.93. The molecule has 0 radical (unpaired) electrons. The summed E-state index contributed by atoms with van der Waals surface area (Å²) in [5, 5.41) is 4.47. The van der Waals surface area contributed by atoms with Gasteiger partial charge < -0.3 is 9.47 Å². The second kappa shape index (κ2) is 6.63. The van der Waals surface area contributed by atoms with E-state index < -0.39 is 0 Å². The Balaban J connectivity index is 1.28. The molecule has 6 nitrogen and oxygen atoms in total. The molecule has 2 aliphatic rings. The van der Waals surface area contributed by atoms with Crippen molar-refractivity contribution in [2.75, 3.05) is 19.7 Å². The van der Waals surface area contributed by atoms with Crippen molar-refractivity contribution in [1.82, 2.24) is 19.7 Å². The van der Waals surface area contributed by atoms with E-state index in [0.29, 0.717) is 13.2 Å². The first-order chi connectivity index (χ1) is 11.7. The van der Waals surface area contributed by atoms with Crippen LogP contribution in [0.15, 0.2) is 36.8 Å². The van der Waals surface area contributed by atoms with Gasteiger partial charge in [0.25, 0.3) is 0 Å². The lowest BCUT2D eigenvalue weighted by Gasteiger charge is -2.23. The van der Waals surface area contributed by atoms with Crippen LogP contribution in [0.5, 0.6) is 0 Å². The van der Waals surface area contributed by atoms with Gasteiger partial charge >= 0.3 is 0 Å². The van der Waals surface area contributed by atoms with Crippen LogP contribution in [0.25, 0.3) is 0 Å². The first-order valence-corrected chi connectivity index (χ1v) is 8.56. The molecule has 2 aromatic rings. The van der Waals surface area contributed by atoms with E-state index in [1.807, 2.05) is 36.3 Å². The molecule has 0 unspecified atom stereocenters. The van der Waals surface area contributed by atoms with Gasteiger partial charge in [-0.25, -0.2) is 0 Å². The topological polar surface area (TPSA) is 52.4 Å². The monoisotopic (exact) mass is 328 g/mol. The van der Waals surface area contributed by atoms with E-state index in [-0.39, 0.29) is 11.7 Å². The predicted octanol–water partition coefficient (Wildman–Crippen LogP) is 1.77. The Morgan fingerprint density at radius 3 is 3.17 bits per heavy atom. The lowest BCUT2D eigenvalue weighted by atomic mass is 9.98. The minimum absolute atomic E-state index is 0.0333. The van der Waals surface area contributed by atoms with E-state index in [1.165, 1.54) is 0 Å². The first-order valence-electron chi connectivity index (χ1n) is 8.56. The molecule has 2 aliphatic heterocycles. The molecule has 0 aromatic carbocycles. The quantitative estimate of drug-likeness (QED) is 0.837. The molecule has 2 saturated heterocycles. The molecule has 2 atom stereocenters. The number of rotatable bonds is 5. The van der Waals surface area contributed by atoms with E-state index in [1.54, 1.807) is 6.20 Å². The summed E-state index contributed by atoms with van der Waals surface area (Å²) in [6.45, 7) is 4.22. The summed E-state index contributed by atoms with van der Waals surface area (Å²) in [4.78, 5) is 6.56. The Hall–Kier alpha value is -1.76. The summed E-state index contributed by atoms with van der Waals surface area (Å²) in [5.41, 5.74) is 2.20. The number of hydrogen-bond acceptors (Lipinski definition) is 5. The molecular formula is C18H24N4O2. The molecule has 0 bridgehead atoms. The summed E-state index contributed by atoms with van der Waals surface area (Å²) < 4.78 is 14.1. The number of hydrogen-bond donors (Lipinski definition) is 0. The Morgan fingerprint density at radius 2 is 2.38 bits per heavy atom. The van der Waals surface area contributed by atoms with Gasteiger partial charge in [-0.2, -0.15) is 5.10 Å². The zero-order valence-electron chi connectivity index (χ0n) is 14.1. The minimum Gasteiger partial charge on any atom is -0.371 e. The third-order valence-electron chi connectivity index (χ3n) is 4.93. The molecule has 6 heteroatoms. The molecular weight excluding hydrogens is 304 g/mol. The van der Waals surface area contributed by atoms with Crippen LogP contribution < -0.4 is 0 Å². The lowest BCUT2D eigenvalue weighted by Crippen LogP contribution is -2.33. The van der Waals surface area contributed by atoms with Gasteiger partial charge in [0.15, 0.2) is 0 Å². The summed E-state index contributed by atoms with van der Waals surface area (Å²) in [6, 6.07) is 6.07. The summed E-state index contributed by atoms with van der Waals surface area (Å²) >= 11 is 0. The molecule has 2 aromatic heterocycles. The molecule has 4 rings (SSSR count). The van der Waals surface area contributed by atoms with Crippen LogP contribution in [-0.2, 0) is 29.7 Å². The Morgan fingerprint density at radius 1 is 1.42 bits per heavy atom. The fourth-order valence-corrected chi connectivity index (χ4v) is 3.73. The molecule has 24 heavy (non-hydrogen) atoms. The van der Waals surface area contributed by atoms with Crippen molar-refractivity contribution >= 4 is 0 Å². The maximum Gasteiger partial charge on any atom is 0.0847 e. The summed E-state index contributed by atoms with van der Waals surface area (Å²) in [7, 11) is 1.96. The van der Waals surface area contributed by atoms with Gasteiger partial charge in [0.1, 0.15) is 0 Å². The largest absolute Gasteiger partial charge is 0.371 e. The summed E-state index contributed by atoms with van der Waals surface area (Å²) in [5.74, 6) is 0. The zero-order chi connectivity index (χ0) is 16.4. The van der Waals surface area contributed by atoms with Gasteiger partial charge in [-0.15, -0.1) is 0 Å². The Kier molecular flexibility index (Phi) is 4.35. The second-order valence-electron chi connectivity index (χ2n) is 6.93. The van der Waals surface area contributed by atoms with Crippen LogP contribution in [-0.4, -0.2) is 51.1 Å². The van der Waals surface area contributed by atoms with Gasteiger partial charge in [0.2, 0.25) is 0 Å². The normalized spacial score (nSPS) is 27.3.